The van der Waals surface area contributed by atoms with E-state index in [1.807, 2.05) is 60.7 Å². The van der Waals surface area contributed by atoms with Crippen LogP contribution in [0.5, 0.6) is 0 Å². The number of hydrogen-bond acceptors (Lipinski definition) is 2. The molecule has 0 saturated carbocycles. The van der Waals surface area contributed by atoms with Crippen LogP contribution in [0.25, 0.3) is 11.0 Å². The van der Waals surface area contributed by atoms with Gasteiger partial charge < -0.3 is 9.97 Å². The second kappa shape index (κ2) is 6.84. The summed E-state index contributed by atoms with van der Waals surface area (Å²) in [7, 11) is 0. The Morgan fingerprint density at radius 2 is 1.50 bits per heavy atom. The highest BCUT2D eigenvalue weighted by Gasteiger charge is 2.13. The summed E-state index contributed by atoms with van der Waals surface area (Å²) >= 11 is 0. The highest BCUT2D eigenvalue weighted by molar-refractivity contribution is 5.99. The van der Waals surface area contributed by atoms with Crippen LogP contribution < -0.4 is 5.69 Å². The Bertz CT molecular complexity index is 1120. The van der Waals surface area contributed by atoms with Gasteiger partial charge in [-0.25, -0.2) is 4.79 Å². The van der Waals surface area contributed by atoms with Gasteiger partial charge in [-0.3, -0.25) is 4.79 Å². The van der Waals surface area contributed by atoms with Crippen LogP contribution in [0, 0.1) is 0 Å². The van der Waals surface area contributed by atoms with Crippen LogP contribution in [-0.2, 0) is 12.8 Å². The number of carbonyl (C=O) groups excluding carboxylic acids is 1. The van der Waals surface area contributed by atoms with Crippen molar-refractivity contribution in [3.05, 3.63) is 106 Å². The summed E-state index contributed by atoms with van der Waals surface area (Å²) in [5.74, 6) is 0.0776. The largest absolute Gasteiger partial charge is 0.323 e. The van der Waals surface area contributed by atoms with Crippen LogP contribution in [0.4, 0.5) is 0 Å². The molecule has 0 atom stereocenters. The number of carbonyl (C=O) groups is 1. The average Bonchev–Trinajstić information content (AvgIpc) is 3.02. The van der Waals surface area contributed by atoms with E-state index in [0.717, 1.165) is 34.1 Å². The van der Waals surface area contributed by atoms with Crippen molar-refractivity contribution in [1.82, 2.24) is 9.97 Å². The number of fused-ring (bicyclic) bond motifs is 1. The van der Waals surface area contributed by atoms with Gasteiger partial charge in [0.15, 0.2) is 5.78 Å². The lowest BCUT2D eigenvalue weighted by atomic mass is 9.94. The molecule has 0 unspecified atom stereocenters. The molecule has 0 bridgehead atoms. The fourth-order valence-corrected chi connectivity index (χ4v) is 3.23. The predicted molar refractivity (Wildman–Crippen MR) is 103 cm³/mol. The third kappa shape index (κ3) is 3.35. The number of rotatable bonds is 5. The Morgan fingerprint density at radius 3 is 2.35 bits per heavy atom. The topological polar surface area (TPSA) is 65.7 Å². The van der Waals surface area contributed by atoms with Crippen molar-refractivity contribution >= 4 is 16.8 Å². The van der Waals surface area contributed by atoms with E-state index < -0.39 is 0 Å². The number of benzene rings is 3. The van der Waals surface area contributed by atoms with Gasteiger partial charge in [0.2, 0.25) is 0 Å². The minimum Gasteiger partial charge on any atom is -0.306 e. The van der Waals surface area contributed by atoms with E-state index in [2.05, 4.69) is 22.1 Å². The zero-order chi connectivity index (χ0) is 17.9. The van der Waals surface area contributed by atoms with Gasteiger partial charge in [0, 0.05) is 12.0 Å². The molecule has 4 nitrogen and oxygen atoms in total. The Labute approximate surface area is 150 Å². The molecule has 0 amide bonds. The minimum absolute atomic E-state index is 0.0776. The number of H-pyrrole nitrogens is 2. The Hall–Kier alpha value is -3.40. The number of aromatic amines is 2. The van der Waals surface area contributed by atoms with E-state index in [4.69, 9.17) is 0 Å². The molecule has 0 saturated heterocycles. The van der Waals surface area contributed by atoms with Gasteiger partial charge in [0.25, 0.3) is 0 Å². The first-order valence-corrected chi connectivity index (χ1v) is 8.55. The maximum Gasteiger partial charge on any atom is 0.323 e. The van der Waals surface area contributed by atoms with E-state index in [9.17, 15) is 9.59 Å². The molecule has 0 spiro atoms. The standard InChI is InChI=1S/C22H18N2O2/c25-21(14-16-10-11-19-20(13-16)24-22(26)23-19)18-9-5-4-8-17(18)12-15-6-2-1-3-7-15/h1-11,13H,12,14H2,(H2,23,24,26). The van der Waals surface area contributed by atoms with E-state index in [-0.39, 0.29) is 11.5 Å². The van der Waals surface area contributed by atoms with Gasteiger partial charge in [-0.1, -0.05) is 60.7 Å². The fourth-order valence-electron chi connectivity index (χ4n) is 3.23. The molecule has 0 radical (unpaired) electrons. The molecule has 4 aromatic rings. The molecule has 0 aliphatic rings. The minimum atomic E-state index is -0.239. The third-order valence-corrected chi connectivity index (χ3v) is 4.50. The quantitative estimate of drug-likeness (QED) is 0.541. The Morgan fingerprint density at radius 1 is 0.769 bits per heavy atom. The zero-order valence-electron chi connectivity index (χ0n) is 14.2. The van der Waals surface area contributed by atoms with Crippen LogP contribution in [0.1, 0.15) is 27.0 Å². The molecule has 0 aliphatic carbocycles. The van der Waals surface area contributed by atoms with E-state index in [1.165, 1.54) is 5.56 Å². The lowest BCUT2D eigenvalue weighted by Crippen LogP contribution is -2.07. The lowest BCUT2D eigenvalue weighted by Gasteiger charge is -2.09. The van der Waals surface area contributed by atoms with Crippen molar-refractivity contribution in [3.63, 3.8) is 0 Å². The van der Waals surface area contributed by atoms with E-state index >= 15 is 0 Å². The number of ketones is 1. The average molecular weight is 342 g/mol. The molecule has 1 aromatic heterocycles. The molecule has 128 valence electrons. The number of imidazole rings is 1. The first kappa shape index (κ1) is 16.1. The molecule has 3 aromatic carbocycles. The number of hydrogen-bond donors (Lipinski definition) is 2. The first-order valence-electron chi connectivity index (χ1n) is 8.55. The molecule has 26 heavy (non-hydrogen) atoms. The molecule has 2 N–H and O–H groups in total. The number of Topliss-reactive ketones (excluding diaryl/α,β-unsaturated/α-hetero) is 1. The highest BCUT2D eigenvalue weighted by Crippen LogP contribution is 2.18. The summed E-state index contributed by atoms with van der Waals surface area (Å²) in [5, 5.41) is 0. The summed E-state index contributed by atoms with van der Waals surface area (Å²) in [6, 6.07) is 23.4. The molecule has 0 fully saturated rings. The van der Waals surface area contributed by atoms with Crippen molar-refractivity contribution in [2.24, 2.45) is 0 Å². The van der Waals surface area contributed by atoms with Crippen LogP contribution in [0.15, 0.2) is 77.6 Å². The lowest BCUT2D eigenvalue weighted by molar-refractivity contribution is 0.0992. The van der Waals surface area contributed by atoms with Crippen LogP contribution in [-0.4, -0.2) is 15.8 Å². The van der Waals surface area contributed by atoms with Gasteiger partial charge >= 0.3 is 5.69 Å². The van der Waals surface area contributed by atoms with Crippen LogP contribution in [0.2, 0.25) is 0 Å². The second-order valence-electron chi connectivity index (χ2n) is 6.38. The third-order valence-electron chi connectivity index (χ3n) is 4.50. The summed E-state index contributed by atoms with van der Waals surface area (Å²) in [6.45, 7) is 0. The summed E-state index contributed by atoms with van der Waals surface area (Å²) < 4.78 is 0. The SMILES string of the molecule is O=C(Cc1ccc2[nH]c(=O)[nH]c2c1)c1ccccc1Cc1ccccc1. The van der Waals surface area contributed by atoms with Gasteiger partial charge in [-0.15, -0.1) is 0 Å². The molecule has 4 rings (SSSR count). The monoisotopic (exact) mass is 342 g/mol. The molecular formula is C22H18N2O2. The van der Waals surface area contributed by atoms with Crippen LogP contribution >= 0.6 is 0 Å². The van der Waals surface area contributed by atoms with Crippen LogP contribution in [0.3, 0.4) is 0 Å². The molecule has 1 heterocycles. The van der Waals surface area contributed by atoms with Crippen molar-refractivity contribution < 1.29 is 4.79 Å². The van der Waals surface area contributed by atoms with Crippen molar-refractivity contribution in [2.75, 3.05) is 0 Å². The highest BCUT2D eigenvalue weighted by atomic mass is 16.1. The second-order valence-corrected chi connectivity index (χ2v) is 6.38. The van der Waals surface area contributed by atoms with Gasteiger partial charge in [-0.05, 0) is 35.2 Å². The maximum absolute atomic E-state index is 12.9. The molecular weight excluding hydrogens is 324 g/mol. The molecule has 4 heteroatoms. The number of nitrogens with one attached hydrogen (secondary N) is 2. The van der Waals surface area contributed by atoms with Gasteiger partial charge in [0.05, 0.1) is 11.0 Å². The number of aromatic nitrogens is 2. The predicted octanol–water partition coefficient (Wildman–Crippen LogP) is 3.87. The summed E-state index contributed by atoms with van der Waals surface area (Å²) in [4.78, 5) is 29.7. The normalized spacial score (nSPS) is 10.9. The fraction of sp³-hybridized carbons (Fsp3) is 0.0909. The van der Waals surface area contributed by atoms with Gasteiger partial charge in [-0.2, -0.15) is 0 Å². The zero-order valence-corrected chi connectivity index (χ0v) is 14.2. The molecule has 0 aliphatic heterocycles. The van der Waals surface area contributed by atoms with E-state index in [0.29, 0.717) is 6.42 Å². The Kier molecular flexibility index (Phi) is 4.23. The maximum atomic E-state index is 12.9. The smallest absolute Gasteiger partial charge is 0.306 e. The summed E-state index contributed by atoms with van der Waals surface area (Å²) in [6.07, 6.45) is 1.03. The Balaban J connectivity index is 1.60. The first-order chi connectivity index (χ1) is 12.7. The van der Waals surface area contributed by atoms with E-state index in [1.54, 1.807) is 0 Å². The van der Waals surface area contributed by atoms with Crippen molar-refractivity contribution in [1.29, 1.82) is 0 Å². The van der Waals surface area contributed by atoms with Crippen molar-refractivity contribution in [2.45, 2.75) is 12.8 Å². The van der Waals surface area contributed by atoms with Gasteiger partial charge in [0.1, 0.15) is 0 Å². The van der Waals surface area contributed by atoms with Crippen molar-refractivity contribution in [3.8, 4) is 0 Å². The summed E-state index contributed by atoms with van der Waals surface area (Å²) in [5.41, 5.74) is 5.07.